The quantitative estimate of drug-likeness (QED) is 0.627. The molecule has 0 saturated carbocycles. The Morgan fingerprint density at radius 2 is 1.42 bits per heavy atom. The van der Waals surface area contributed by atoms with Crippen LogP contribution in [0.1, 0.15) is 23.1 Å². The van der Waals surface area contributed by atoms with Crippen LogP contribution >= 0.6 is 0 Å². The van der Waals surface area contributed by atoms with E-state index in [-0.39, 0.29) is 6.10 Å². The molecule has 3 aromatic carbocycles. The molecule has 0 bridgehead atoms. The molecule has 2 heteroatoms. The number of hydrogen-bond acceptors (Lipinski definition) is 2. The number of aryl methyl sites for hydroxylation is 1. The van der Waals surface area contributed by atoms with Crippen LogP contribution in [0.3, 0.4) is 0 Å². The molecule has 1 unspecified atom stereocenters. The Labute approximate surface area is 156 Å². The van der Waals surface area contributed by atoms with Crippen LogP contribution in [0.4, 0.5) is 0 Å². The third-order valence-corrected chi connectivity index (χ3v) is 4.45. The third kappa shape index (κ3) is 6.04. The lowest BCUT2D eigenvalue weighted by Crippen LogP contribution is -2.32. The summed E-state index contributed by atoms with van der Waals surface area (Å²) < 4.78 is 0. The molecule has 26 heavy (non-hydrogen) atoms. The lowest BCUT2D eigenvalue weighted by atomic mass is 10.1. The Bertz CT molecular complexity index is 701. The van der Waals surface area contributed by atoms with Gasteiger partial charge >= 0.3 is 0 Å². The van der Waals surface area contributed by atoms with Crippen molar-refractivity contribution in [2.45, 2.75) is 32.0 Å². The van der Waals surface area contributed by atoms with E-state index >= 15 is 0 Å². The standard InChI is InChI=1S/C24H25NO/c26-24(17-16-21-10-4-1-5-11-21)20-25(18-22-12-6-2-7-13-22)19-23-14-8-3-9-15-23/h1-2,4-8,10-15,24,26H,16-20H2. The van der Waals surface area contributed by atoms with Gasteiger partial charge in [0.15, 0.2) is 0 Å². The van der Waals surface area contributed by atoms with E-state index in [1.165, 1.54) is 16.7 Å². The average molecular weight is 343 g/mol. The van der Waals surface area contributed by atoms with Crippen LogP contribution in [-0.2, 0) is 19.5 Å². The molecular formula is C24H25NO. The maximum atomic E-state index is 10.6. The second-order valence-electron chi connectivity index (χ2n) is 6.67. The van der Waals surface area contributed by atoms with Crippen LogP contribution in [-0.4, -0.2) is 22.7 Å². The van der Waals surface area contributed by atoms with Crippen molar-refractivity contribution in [2.24, 2.45) is 0 Å². The Morgan fingerprint density at radius 3 is 2.08 bits per heavy atom. The fourth-order valence-corrected chi connectivity index (χ4v) is 3.13. The summed E-state index contributed by atoms with van der Waals surface area (Å²) in [6.45, 7) is 2.27. The Hall–Kier alpha value is -2.60. The summed E-state index contributed by atoms with van der Waals surface area (Å²) >= 11 is 0. The smallest absolute Gasteiger partial charge is 0.0670 e. The van der Waals surface area contributed by atoms with Crippen molar-refractivity contribution in [1.82, 2.24) is 4.90 Å². The molecular weight excluding hydrogens is 318 g/mol. The number of nitrogens with zero attached hydrogens (tertiary/aromatic N) is 1. The second-order valence-corrected chi connectivity index (χ2v) is 6.67. The highest BCUT2D eigenvalue weighted by Gasteiger charge is 2.13. The first-order valence-corrected chi connectivity index (χ1v) is 9.14. The zero-order valence-corrected chi connectivity index (χ0v) is 15.0. The van der Waals surface area contributed by atoms with Crippen molar-refractivity contribution in [1.29, 1.82) is 0 Å². The van der Waals surface area contributed by atoms with Crippen molar-refractivity contribution in [2.75, 3.05) is 6.54 Å². The molecule has 1 atom stereocenters. The Balaban J connectivity index is 1.60. The molecule has 0 radical (unpaired) electrons. The zero-order chi connectivity index (χ0) is 18.0. The lowest BCUT2D eigenvalue weighted by Gasteiger charge is -2.25. The molecule has 0 spiro atoms. The fraction of sp³-hybridized carbons (Fsp3) is 0.250. The topological polar surface area (TPSA) is 23.5 Å². The van der Waals surface area contributed by atoms with Crippen LogP contribution in [0.25, 0.3) is 0 Å². The summed E-state index contributed by atoms with van der Waals surface area (Å²) in [5.74, 6) is 0. The summed E-state index contributed by atoms with van der Waals surface area (Å²) in [4.78, 5) is 2.30. The molecule has 0 heterocycles. The normalized spacial score (nSPS) is 11.9. The summed E-state index contributed by atoms with van der Waals surface area (Å²) in [6.07, 6.45) is 1.32. The minimum Gasteiger partial charge on any atom is -0.392 e. The van der Waals surface area contributed by atoms with Crippen molar-refractivity contribution in [3.63, 3.8) is 0 Å². The van der Waals surface area contributed by atoms with Gasteiger partial charge in [0.25, 0.3) is 0 Å². The predicted molar refractivity (Wildman–Crippen MR) is 105 cm³/mol. The molecule has 0 aromatic heterocycles. The van der Waals surface area contributed by atoms with Crippen molar-refractivity contribution < 1.29 is 5.11 Å². The molecule has 2 nitrogen and oxygen atoms in total. The summed E-state index contributed by atoms with van der Waals surface area (Å²) in [7, 11) is 0. The number of aliphatic hydroxyl groups excluding tert-OH is 1. The molecule has 3 rings (SSSR count). The first-order valence-electron chi connectivity index (χ1n) is 9.14. The molecule has 0 saturated heterocycles. The van der Waals surface area contributed by atoms with Gasteiger partial charge in [0.05, 0.1) is 6.10 Å². The van der Waals surface area contributed by atoms with E-state index in [1.807, 2.05) is 36.4 Å². The van der Waals surface area contributed by atoms with E-state index in [0.717, 1.165) is 25.9 Å². The van der Waals surface area contributed by atoms with Crippen LogP contribution in [0.2, 0.25) is 0 Å². The summed E-state index contributed by atoms with van der Waals surface area (Å²) in [6, 6.07) is 32.6. The minimum atomic E-state index is -0.349. The highest BCUT2D eigenvalue weighted by molar-refractivity contribution is 5.16. The highest BCUT2D eigenvalue weighted by atomic mass is 16.3. The largest absolute Gasteiger partial charge is 0.392 e. The van der Waals surface area contributed by atoms with Crippen LogP contribution in [0.15, 0.2) is 78.9 Å². The monoisotopic (exact) mass is 343 g/mol. The van der Waals surface area contributed by atoms with Gasteiger partial charge < -0.3 is 5.11 Å². The molecule has 0 aliphatic carbocycles. The average Bonchev–Trinajstić information content (AvgIpc) is 2.69. The number of hydrogen-bond donors (Lipinski definition) is 1. The Kier molecular flexibility index (Phi) is 6.84. The van der Waals surface area contributed by atoms with Gasteiger partial charge in [0.2, 0.25) is 0 Å². The van der Waals surface area contributed by atoms with E-state index in [2.05, 4.69) is 59.5 Å². The van der Waals surface area contributed by atoms with Crippen molar-refractivity contribution in [3.05, 3.63) is 108 Å². The zero-order valence-electron chi connectivity index (χ0n) is 15.0. The Morgan fingerprint density at radius 1 is 0.769 bits per heavy atom. The predicted octanol–water partition coefficient (Wildman–Crippen LogP) is 4.28. The molecule has 0 aliphatic rings. The van der Waals surface area contributed by atoms with Crippen LogP contribution in [0.5, 0.6) is 0 Å². The second kappa shape index (κ2) is 9.77. The molecule has 1 N–H and O–H groups in total. The number of rotatable bonds is 9. The van der Waals surface area contributed by atoms with Gasteiger partial charge in [0.1, 0.15) is 0 Å². The van der Waals surface area contributed by atoms with E-state index in [9.17, 15) is 5.11 Å². The summed E-state index contributed by atoms with van der Waals surface area (Å²) in [5, 5.41) is 10.6. The third-order valence-electron chi connectivity index (χ3n) is 4.45. The van der Waals surface area contributed by atoms with Gasteiger partial charge in [-0.3, -0.25) is 4.90 Å². The number of benzene rings is 2. The van der Waals surface area contributed by atoms with Gasteiger partial charge in [-0.15, -0.1) is 0 Å². The fourth-order valence-electron chi connectivity index (χ4n) is 3.13. The molecule has 0 aliphatic heterocycles. The maximum absolute atomic E-state index is 10.6. The first-order chi connectivity index (χ1) is 12.8. The lowest BCUT2D eigenvalue weighted by molar-refractivity contribution is 0.0978. The molecule has 132 valence electrons. The van der Waals surface area contributed by atoms with Gasteiger partial charge in [-0.05, 0) is 47.7 Å². The highest BCUT2D eigenvalue weighted by Crippen LogP contribution is 2.12. The van der Waals surface area contributed by atoms with E-state index < -0.39 is 0 Å². The van der Waals surface area contributed by atoms with Crippen molar-refractivity contribution in [3.8, 4) is 0 Å². The SMILES string of the molecule is OC(CCc1ccccc1)CN(Cc1cc#ccc1)Cc1ccccc1. The van der Waals surface area contributed by atoms with E-state index in [1.54, 1.807) is 0 Å². The van der Waals surface area contributed by atoms with Gasteiger partial charge in [-0.2, -0.15) is 0 Å². The van der Waals surface area contributed by atoms with E-state index in [0.29, 0.717) is 6.54 Å². The maximum Gasteiger partial charge on any atom is 0.0670 e. The number of aliphatic hydroxyl groups is 1. The van der Waals surface area contributed by atoms with Crippen LogP contribution in [0, 0.1) is 12.1 Å². The van der Waals surface area contributed by atoms with Crippen molar-refractivity contribution >= 4 is 0 Å². The van der Waals surface area contributed by atoms with Crippen LogP contribution < -0.4 is 0 Å². The molecule has 3 aromatic rings. The first kappa shape index (κ1) is 18.2. The van der Waals surface area contributed by atoms with Gasteiger partial charge in [0, 0.05) is 19.6 Å². The summed E-state index contributed by atoms with van der Waals surface area (Å²) in [5.41, 5.74) is 3.72. The van der Waals surface area contributed by atoms with E-state index in [4.69, 9.17) is 0 Å². The van der Waals surface area contributed by atoms with Gasteiger partial charge in [-0.1, -0.05) is 72.8 Å². The molecule has 0 amide bonds. The minimum absolute atomic E-state index is 0.349. The molecule has 0 fully saturated rings. The van der Waals surface area contributed by atoms with Gasteiger partial charge in [-0.25, -0.2) is 0 Å².